The number of carbonyl (C=O) groups excluding carboxylic acids is 3. The summed E-state index contributed by atoms with van der Waals surface area (Å²) < 4.78 is 15.3. The fourth-order valence-electron chi connectivity index (χ4n) is 4.02. The van der Waals surface area contributed by atoms with Crippen LogP contribution in [0.15, 0.2) is 60.7 Å². The van der Waals surface area contributed by atoms with Gasteiger partial charge in [-0.05, 0) is 61.7 Å². The molecule has 1 saturated heterocycles. The molecule has 0 aromatic heterocycles. The summed E-state index contributed by atoms with van der Waals surface area (Å²) in [7, 11) is 0. The first-order valence-electron chi connectivity index (χ1n) is 12.7. The van der Waals surface area contributed by atoms with E-state index in [4.69, 9.17) is 19.9 Å². The predicted octanol–water partition coefficient (Wildman–Crippen LogP) is 2.69. The fraction of sp³-hybridized carbons (Fsp3) is 0.414. The molecule has 9 nitrogen and oxygen atoms in total. The van der Waals surface area contributed by atoms with E-state index in [9.17, 15) is 19.5 Å². The molecule has 0 bridgehead atoms. The number of benzene rings is 2. The van der Waals surface area contributed by atoms with E-state index in [1.54, 1.807) is 24.3 Å². The lowest BCUT2D eigenvalue weighted by molar-refractivity contribution is -0.142. The largest absolute Gasteiger partial charge is 0.459 e. The van der Waals surface area contributed by atoms with Gasteiger partial charge in [0.25, 0.3) is 0 Å². The lowest BCUT2D eigenvalue weighted by atomic mass is 9.82. The van der Waals surface area contributed by atoms with Crippen LogP contribution in [0.25, 0.3) is 0 Å². The predicted molar refractivity (Wildman–Crippen MR) is 143 cm³/mol. The first-order valence-corrected chi connectivity index (χ1v) is 12.7. The van der Waals surface area contributed by atoms with E-state index in [2.05, 4.69) is 11.5 Å². The number of aliphatic hydroxyl groups is 1. The highest BCUT2D eigenvalue weighted by atomic mass is 16.6. The first-order chi connectivity index (χ1) is 18.1. The number of carbonyl (C=O) groups is 3. The Balaban J connectivity index is 1.56. The number of nitrogens with zero attached hydrogens (tertiary/aromatic N) is 1. The lowest BCUT2D eigenvalue weighted by Gasteiger charge is -2.30. The molecule has 2 atom stereocenters. The van der Waals surface area contributed by atoms with Gasteiger partial charge in [-0.3, -0.25) is 4.79 Å². The number of hydrogen-bond donors (Lipinski definition) is 2. The molecule has 1 heterocycles. The maximum absolute atomic E-state index is 13.4. The van der Waals surface area contributed by atoms with Crippen molar-refractivity contribution in [2.75, 3.05) is 44.4 Å². The van der Waals surface area contributed by atoms with Gasteiger partial charge in [0.2, 0.25) is 0 Å². The third-order valence-corrected chi connectivity index (χ3v) is 6.46. The zero-order valence-electron chi connectivity index (χ0n) is 22.0. The van der Waals surface area contributed by atoms with Gasteiger partial charge in [0.15, 0.2) is 5.78 Å². The van der Waals surface area contributed by atoms with E-state index in [0.29, 0.717) is 31.6 Å². The summed E-state index contributed by atoms with van der Waals surface area (Å²) in [4.78, 5) is 39.3. The Labute approximate surface area is 223 Å². The first kappa shape index (κ1) is 29.0. The molecule has 2 unspecified atom stereocenters. The Kier molecular flexibility index (Phi) is 10.2. The quantitative estimate of drug-likeness (QED) is 0.245. The molecule has 0 spiro atoms. The molecule has 38 heavy (non-hydrogen) atoms. The number of ketones is 1. The molecule has 1 aliphatic rings. The zero-order valence-corrected chi connectivity index (χ0v) is 22.0. The minimum Gasteiger partial charge on any atom is -0.459 e. The van der Waals surface area contributed by atoms with Crippen molar-refractivity contribution in [1.29, 1.82) is 0 Å². The van der Waals surface area contributed by atoms with Crippen LogP contribution in [-0.2, 0) is 25.4 Å². The topological polar surface area (TPSA) is 128 Å². The third-order valence-electron chi connectivity index (χ3n) is 6.46. The second-order valence-corrected chi connectivity index (χ2v) is 9.49. The summed E-state index contributed by atoms with van der Waals surface area (Å²) >= 11 is 0. The zero-order chi connectivity index (χ0) is 27.7. The van der Waals surface area contributed by atoms with Crippen LogP contribution >= 0.6 is 0 Å². The van der Waals surface area contributed by atoms with Gasteiger partial charge in [0, 0.05) is 29.9 Å². The van der Waals surface area contributed by atoms with Crippen LogP contribution in [0.4, 0.5) is 5.69 Å². The Morgan fingerprint density at radius 2 is 1.61 bits per heavy atom. The molecule has 0 radical (unpaired) electrons. The number of aliphatic hydroxyl groups excluding tert-OH is 1. The maximum Gasteiger partial charge on any atom is 0.338 e. The number of ether oxygens (including phenoxy) is 3. The molecular weight excluding hydrogens is 488 g/mol. The smallest absolute Gasteiger partial charge is 0.338 e. The average Bonchev–Trinajstić information content (AvgIpc) is 2.95. The van der Waals surface area contributed by atoms with Crippen molar-refractivity contribution in [1.82, 2.24) is 0 Å². The van der Waals surface area contributed by atoms with Crippen LogP contribution in [0.3, 0.4) is 0 Å². The summed E-state index contributed by atoms with van der Waals surface area (Å²) in [5.41, 5.74) is 8.39. The number of hydrogen-bond acceptors (Lipinski definition) is 9. The Bertz CT molecular complexity index is 1120. The molecule has 1 aliphatic heterocycles. The van der Waals surface area contributed by atoms with Crippen molar-refractivity contribution in [3.63, 3.8) is 0 Å². The van der Waals surface area contributed by atoms with Gasteiger partial charge in [-0.15, -0.1) is 0 Å². The molecular formula is C29H36N2O7. The summed E-state index contributed by atoms with van der Waals surface area (Å²) in [6.07, 6.45) is -0.414. The molecule has 3 N–H and O–H groups in total. The number of nitrogens with two attached hydrogens (primary N) is 1. The molecule has 0 aliphatic carbocycles. The molecule has 3 rings (SSSR count). The molecule has 0 saturated carbocycles. The monoisotopic (exact) mass is 524 g/mol. The van der Waals surface area contributed by atoms with Gasteiger partial charge in [-0.1, -0.05) is 25.6 Å². The molecule has 204 valence electrons. The van der Waals surface area contributed by atoms with Crippen LogP contribution in [0.5, 0.6) is 0 Å². The van der Waals surface area contributed by atoms with Gasteiger partial charge >= 0.3 is 11.9 Å². The molecule has 1 fully saturated rings. The minimum absolute atomic E-state index is 0.140. The highest BCUT2D eigenvalue weighted by Crippen LogP contribution is 2.23. The number of morpholine rings is 1. The van der Waals surface area contributed by atoms with Gasteiger partial charge in [0.05, 0.1) is 24.3 Å². The third kappa shape index (κ3) is 7.74. The standard InChI is InChI=1S/C29H36N2O7/c1-4-29(30,26(33)22-9-11-24(12-10-22)31-13-15-36-16-14-31)17-21-5-7-23(8-6-21)28(35)38-19-25(32)18-37-27(34)20(2)3/h5-12,25,32H,2,4,13-19,30H2,1,3H3. The van der Waals surface area contributed by atoms with E-state index in [1.807, 2.05) is 31.2 Å². The number of Topliss-reactive ketones (excluding diaryl/α,β-unsaturated/α-hetero) is 1. The van der Waals surface area contributed by atoms with Crippen molar-refractivity contribution in [3.8, 4) is 0 Å². The van der Waals surface area contributed by atoms with Gasteiger partial charge in [-0.2, -0.15) is 0 Å². The van der Waals surface area contributed by atoms with Crippen LogP contribution in [0, 0.1) is 0 Å². The molecule has 0 amide bonds. The van der Waals surface area contributed by atoms with E-state index in [-0.39, 0.29) is 30.1 Å². The highest BCUT2D eigenvalue weighted by molar-refractivity contribution is 6.03. The maximum atomic E-state index is 13.4. The van der Waals surface area contributed by atoms with Gasteiger partial charge in [-0.25, -0.2) is 9.59 Å². The fourth-order valence-corrected chi connectivity index (χ4v) is 4.02. The van der Waals surface area contributed by atoms with Crippen molar-refractivity contribution < 1.29 is 33.7 Å². The van der Waals surface area contributed by atoms with Crippen molar-refractivity contribution in [2.45, 2.75) is 38.3 Å². The van der Waals surface area contributed by atoms with Crippen molar-refractivity contribution >= 4 is 23.4 Å². The number of rotatable bonds is 12. The second kappa shape index (κ2) is 13.3. The molecule has 9 heteroatoms. The van der Waals surface area contributed by atoms with Gasteiger partial charge < -0.3 is 30.0 Å². The van der Waals surface area contributed by atoms with E-state index < -0.39 is 23.6 Å². The van der Waals surface area contributed by atoms with E-state index in [1.165, 1.54) is 6.92 Å². The molecule has 2 aromatic carbocycles. The Morgan fingerprint density at radius 1 is 1.03 bits per heavy atom. The summed E-state index contributed by atoms with van der Waals surface area (Å²) in [5, 5.41) is 9.86. The molecule has 2 aromatic rings. The van der Waals surface area contributed by atoms with Crippen LogP contribution in [0.1, 0.15) is 46.5 Å². The second-order valence-electron chi connectivity index (χ2n) is 9.49. The highest BCUT2D eigenvalue weighted by Gasteiger charge is 2.33. The van der Waals surface area contributed by atoms with E-state index in [0.717, 1.165) is 24.3 Å². The Hall–Kier alpha value is -3.53. The lowest BCUT2D eigenvalue weighted by Crippen LogP contribution is -2.49. The summed E-state index contributed by atoms with van der Waals surface area (Å²) in [6.45, 7) is 9.20. The summed E-state index contributed by atoms with van der Waals surface area (Å²) in [6, 6.07) is 14.1. The summed E-state index contributed by atoms with van der Waals surface area (Å²) in [5.74, 6) is -1.40. The van der Waals surface area contributed by atoms with Crippen LogP contribution in [-0.4, -0.2) is 74.0 Å². The number of esters is 2. The number of anilines is 1. The average molecular weight is 525 g/mol. The Morgan fingerprint density at radius 3 is 2.18 bits per heavy atom. The van der Waals surface area contributed by atoms with Crippen molar-refractivity contribution in [3.05, 3.63) is 77.4 Å². The van der Waals surface area contributed by atoms with Gasteiger partial charge in [0.1, 0.15) is 19.3 Å². The van der Waals surface area contributed by atoms with Crippen LogP contribution in [0.2, 0.25) is 0 Å². The SMILES string of the molecule is C=C(C)C(=O)OCC(O)COC(=O)c1ccc(CC(N)(CC)C(=O)c2ccc(N3CCOCC3)cc2)cc1. The van der Waals surface area contributed by atoms with E-state index >= 15 is 0 Å². The van der Waals surface area contributed by atoms with Crippen LogP contribution < -0.4 is 10.6 Å². The van der Waals surface area contributed by atoms with Crippen molar-refractivity contribution in [2.24, 2.45) is 5.73 Å². The minimum atomic E-state index is -1.15. The normalized spacial score (nSPS) is 15.7.